The predicted octanol–water partition coefficient (Wildman–Crippen LogP) is 5.58. The molecule has 0 amide bonds. The van der Waals surface area contributed by atoms with Crippen molar-refractivity contribution >= 4 is 30.5 Å². The lowest BCUT2D eigenvalue weighted by molar-refractivity contribution is -0.137. The van der Waals surface area contributed by atoms with E-state index in [1.807, 2.05) is 0 Å². The average molecular weight is 387 g/mol. The summed E-state index contributed by atoms with van der Waals surface area (Å²) in [5.41, 5.74) is -0.769. The highest BCUT2D eigenvalue weighted by atomic mass is 35.7. The molecule has 0 aliphatic carbocycles. The highest BCUT2D eigenvalue weighted by Gasteiger charge is 2.30. The number of fused-ring (bicyclic) bond motifs is 1. The van der Waals surface area contributed by atoms with E-state index < -0.39 is 20.8 Å². The Morgan fingerprint density at radius 2 is 1.60 bits per heavy atom. The molecule has 0 saturated heterocycles. The highest BCUT2D eigenvalue weighted by molar-refractivity contribution is 8.13. The Morgan fingerprint density at radius 3 is 2.20 bits per heavy atom. The molecule has 3 aromatic carbocycles. The zero-order valence-corrected chi connectivity index (χ0v) is 14.0. The fraction of sp³-hybridized carbons (Fsp3) is 0.0588. The van der Waals surface area contributed by atoms with Gasteiger partial charge in [-0.15, -0.1) is 0 Å². The van der Waals surface area contributed by atoms with Gasteiger partial charge in [0, 0.05) is 16.1 Å². The minimum Gasteiger partial charge on any atom is -0.457 e. The van der Waals surface area contributed by atoms with Gasteiger partial charge in [0.2, 0.25) is 0 Å². The van der Waals surface area contributed by atoms with E-state index in [-0.39, 0.29) is 10.6 Å². The fourth-order valence-electron chi connectivity index (χ4n) is 2.31. The summed E-state index contributed by atoms with van der Waals surface area (Å²) in [5, 5.41) is 1.18. The molecule has 0 fully saturated rings. The van der Waals surface area contributed by atoms with Crippen LogP contribution in [-0.4, -0.2) is 8.42 Å². The van der Waals surface area contributed by atoms with Crippen LogP contribution in [-0.2, 0) is 15.2 Å². The summed E-state index contributed by atoms with van der Waals surface area (Å²) >= 11 is 0. The van der Waals surface area contributed by atoms with E-state index in [9.17, 15) is 21.6 Å². The van der Waals surface area contributed by atoms with Gasteiger partial charge in [0.1, 0.15) is 11.5 Å². The van der Waals surface area contributed by atoms with E-state index in [2.05, 4.69) is 0 Å². The van der Waals surface area contributed by atoms with E-state index in [1.165, 1.54) is 30.3 Å². The van der Waals surface area contributed by atoms with Crippen molar-refractivity contribution in [2.45, 2.75) is 11.1 Å². The minimum atomic E-state index is -4.42. The second-order valence-electron chi connectivity index (χ2n) is 5.20. The summed E-state index contributed by atoms with van der Waals surface area (Å²) in [6.45, 7) is 0. The molecule has 3 rings (SSSR count). The van der Waals surface area contributed by atoms with Crippen LogP contribution >= 0.6 is 10.7 Å². The summed E-state index contributed by atoms with van der Waals surface area (Å²) in [5.74, 6) is 0.616. The van der Waals surface area contributed by atoms with Gasteiger partial charge in [-0.05, 0) is 53.9 Å². The number of ether oxygens (including phenoxy) is 1. The third kappa shape index (κ3) is 3.88. The van der Waals surface area contributed by atoms with Crippen LogP contribution in [0.2, 0.25) is 0 Å². The van der Waals surface area contributed by atoms with Crippen molar-refractivity contribution in [3.63, 3.8) is 0 Å². The first kappa shape index (κ1) is 17.6. The van der Waals surface area contributed by atoms with E-state index in [1.54, 1.807) is 18.2 Å². The van der Waals surface area contributed by atoms with Crippen molar-refractivity contribution in [1.29, 1.82) is 0 Å². The normalized spacial score (nSPS) is 12.3. The van der Waals surface area contributed by atoms with Gasteiger partial charge in [0.05, 0.1) is 10.5 Å². The van der Waals surface area contributed by atoms with Crippen LogP contribution in [0, 0.1) is 0 Å². The van der Waals surface area contributed by atoms with E-state index in [4.69, 9.17) is 15.4 Å². The van der Waals surface area contributed by atoms with Crippen LogP contribution in [0.3, 0.4) is 0 Å². The van der Waals surface area contributed by atoms with Crippen LogP contribution in [0.25, 0.3) is 10.8 Å². The monoisotopic (exact) mass is 386 g/mol. The van der Waals surface area contributed by atoms with Gasteiger partial charge >= 0.3 is 6.18 Å². The number of alkyl halides is 3. The minimum absolute atomic E-state index is 0.0478. The molecule has 0 radical (unpaired) electrons. The number of hydrogen-bond donors (Lipinski definition) is 0. The third-order valence-electron chi connectivity index (χ3n) is 3.50. The van der Waals surface area contributed by atoms with Gasteiger partial charge in [-0.2, -0.15) is 13.2 Å². The molecule has 0 N–H and O–H groups in total. The van der Waals surface area contributed by atoms with E-state index in [0.29, 0.717) is 16.5 Å². The summed E-state index contributed by atoms with van der Waals surface area (Å²) in [6, 6.07) is 13.5. The maximum Gasteiger partial charge on any atom is 0.416 e. The molecular formula is C17H10ClF3O3S. The quantitative estimate of drug-likeness (QED) is 0.552. The number of rotatable bonds is 3. The maximum atomic E-state index is 12.6. The molecule has 0 spiro atoms. The van der Waals surface area contributed by atoms with Gasteiger partial charge in [0.15, 0.2) is 0 Å². The molecular weight excluding hydrogens is 377 g/mol. The Kier molecular flexibility index (Phi) is 4.38. The maximum absolute atomic E-state index is 12.6. The van der Waals surface area contributed by atoms with Crippen LogP contribution in [0.15, 0.2) is 65.6 Å². The summed E-state index contributed by atoms with van der Waals surface area (Å²) in [4.78, 5) is -0.0478. The molecule has 25 heavy (non-hydrogen) atoms. The van der Waals surface area contributed by atoms with Crippen LogP contribution in [0.4, 0.5) is 13.2 Å². The van der Waals surface area contributed by atoms with E-state index >= 15 is 0 Å². The van der Waals surface area contributed by atoms with Crippen molar-refractivity contribution in [2.75, 3.05) is 0 Å². The van der Waals surface area contributed by atoms with Crippen molar-refractivity contribution in [3.05, 3.63) is 66.2 Å². The number of halogens is 4. The summed E-state index contributed by atoms with van der Waals surface area (Å²) in [7, 11) is 1.47. The second kappa shape index (κ2) is 6.24. The van der Waals surface area contributed by atoms with Gasteiger partial charge in [0.25, 0.3) is 9.05 Å². The molecule has 0 aliphatic rings. The molecule has 0 aromatic heterocycles. The third-order valence-corrected chi connectivity index (χ3v) is 4.85. The lowest BCUT2D eigenvalue weighted by Crippen LogP contribution is -2.04. The second-order valence-corrected chi connectivity index (χ2v) is 7.77. The lowest BCUT2D eigenvalue weighted by Gasteiger charge is -2.11. The fourth-order valence-corrected chi connectivity index (χ4v) is 3.10. The van der Waals surface area contributed by atoms with Crippen molar-refractivity contribution in [2.24, 2.45) is 0 Å². The topological polar surface area (TPSA) is 43.4 Å². The SMILES string of the molecule is O=S(=O)(Cl)c1ccc2c(Oc3ccc(C(F)(F)F)cc3)cccc2c1. The van der Waals surface area contributed by atoms with Crippen LogP contribution in [0.1, 0.15) is 5.56 Å². The Labute approximate surface area is 146 Å². The van der Waals surface area contributed by atoms with Crippen LogP contribution < -0.4 is 4.74 Å². The van der Waals surface area contributed by atoms with Gasteiger partial charge in [-0.3, -0.25) is 0 Å². The standard InChI is InChI=1S/C17H10ClF3O3S/c18-25(22,23)14-8-9-15-11(10-14)2-1-3-16(15)24-13-6-4-12(5-7-13)17(19,20)21/h1-10H. The molecule has 0 heterocycles. The largest absolute Gasteiger partial charge is 0.457 e. The predicted molar refractivity (Wildman–Crippen MR) is 88.5 cm³/mol. The first-order valence-electron chi connectivity index (χ1n) is 6.97. The molecule has 8 heteroatoms. The summed E-state index contributed by atoms with van der Waals surface area (Å²) in [6.07, 6.45) is -4.42. The molecule has 130 valence electrons. The first-order chi connectivity index (χ1) is 11.6. The zero-order valence-electron chi connectivity index (χ0n) is 12.4. The van der Waals surface area contributed by atoms with Gasteiger partial charge < -0.3 is 4.74 Å². The van der Waals surface area contributed by atoms with Gasteiger partial charge in [-0.25, -0.2) is 8.42 Å². The Balaban J connectivity index is 1.96. The van der Waals surface area contributed by atoms with E-state index in [0.717, 1.165) is 12.1 Å². The number of hydrogen-bond acceptors (Lipinski definition) is 3. The first-order valence-corrected chi connectivity index (χ1v) is 9.28. The Bertz CT molecular complexity index is 1030. The molecule has 0 atom stereocenters. The van der Waals surface area contributed by atoms with Crippen molar-refractivity contribution in [1.82, 2.24) is 0 Å². The average Bonchev–Trinajstić information content (AvgIpc) is 2.53. The van der Waals surface area contributed by atoms with Crippen molar-refractivity contribution in [3.8, 4) is 11.5 Å². The summed E-state index contributed by atoms with van der Waals surface area (Å²) < 4.78 is 66.2. The number of benzene rings is 3. The van der Waals surface area contributed by atoms with Crippen LogP contribution in [0.5, 0.6) is 11.5 Å². The molecule has 0 unspecified atom stereocenters. The molecule has 0 bridgehead atoms. The Hall–Kier alpha value is -2.25. The molecule has 0 saturated carbocycles. The van der Waals surface area contributed by atoms with Gasteiger partial charge in [-0.1, -0.05) is 12.1 Å². The molecule has 3 aromatic rings. The molecule has 0 aliphatic heterocycles. The lowest BCUT2D eigenvalue weighted by atomic mass is 10.1. The Morgan fingerprint density at radius 1 is 0.920 bits per heavy atom. The molecule has 3 nitrogen and oxygen atoms in total. The zero-order chi connectivity index (χ0) is 18.2. The smallest absolute Gasteiger partial charge is 0.416 e. The highest BCUT2D eigenvalue weighted by Crippen LogP contribution is 2.34. The van der Waals surface area contributed by atoms with Crippen molar-refractivity contribution < 1.29 is 26.3 Å².